The van der Waals surface area contributed by atoms with Crippen LogP contribution in [0.25, 0.3) is 0 Å². The van der Waals surface area contributed by atoms with Gasteiger partial charge in [0, 0.05) is 11.7 Å². The summed E-state index contributed by atoms with van der Waals surface area (Å²) in [7, 11) is 0. The van der Waals surface area contributed by atoms with Gasteiger partial charge in [-0.25, -0.2) is 0 Å². The Balaban J connectivity index is 2.08. The molecule has 0 fully saturated rings. The molecule has 1 N–H and O–H groups in total. The third-order valence-corrected chi connectivity index (χ3v) is 3.50. The molecule has 1 atom stereocenters. The fraction of sp³-hybridized carbons (Fsp3) is 0.333. The fourth-order valence-electron chi connectivity index (χ4n) is 2.24. The fourth-order valence-corrected chi connectivity index (χ4v) is 2.24. The van der Waals surface area contributed by atoms with Gasteiger partial charge in [-0.3, -0.25) is 0 Å². The Bertz CT molecular complexity index is 526. The van der Waals surface area contributed by atoms with Crippen LogP contribution in [0, 0.1) is 6.92 Å². The molecule has 100 valence electrons. The van der Waals surface area contributed by atoms with Crippen LogP contribution in [0.2, 0.25) is 0 Å². The SMILES string of the molecule is Cc1cccc(C(C)Nc2ccc(C(C)C)cc2)c1. The molecule has 2 aromatic rings. The van der Waals surface area contributed by atoms with Crippen LogP contribution in [-0.4, -0.2) is 0 Å². The van der Waals surface area contributed by atoms with Gasteiger partial charge in [0.05, 0.1) is 0 Å². The van der Waals surface area contributed by atoms with Crippen LogP contribution in [0.3, 0.4) is 0 Å². The highest BCUT2D eigenvalue weighted by Gasteiger charge is 2.05. The van der Waals surface area contributed by atoms with Crippen molar-refractivity contribution in [3.8, 4) is 0 Å². The topological polar surface area (TPSA) is 12.0 Å². The standard InChI is InChI=1S/C18H23N/c1-13(2)16-8-10-18(11-9-16)19-15(4)17-7-5-6-14(3)12-17/h5-13,15,19H,1-4H3. The zero-order valence-electron chi connectivity index (χ0n) is 12.3. The van der Waals surface area contributed by atoms with Gasteiger partial charge in [0.25, 0.3) is 0 Å². The maximum Gasteiger partial charge on any atom is 0.0485 e. The lowest BCUT2D eigenvalue weighted by atomic mass is 10.0. The Morgan fingerprint density at radius 1 is 0.842 bits per heavy atom. The first-order chi connectivity index (χ1) is 9.06. The summed E-state index contributed by atoms with van der Waals surface area (Å²) >= 11 is 0. The number of hydrogen-bond donors (Lipinski definition) is 1. The predicted octanol–water partition coefficient (Wildman–Crippen LogP) is 5.29. The van der Waals surface area contributed by atoms with Gasteiger partial charge in [-0.2, -0.15) is 0 Å². The minimum absolute atomic E-state index is 0.324. The zero-order valence-corrected chi connectivity index (χ0v) is 12.3. The Morgan fingerprint density at radius 3 is 2.11 bits per heavy atom. The summed E-state index contributed by atoms with van der Waals surface area (Å²) in [6, 6.07) is 17.7. The van der Waals surface area contributed by atoms with E-state index in [1.54, 1.807) is 0 Å². The third-order valence-electron chi connectivity index (χ3n) is 3.50. The molecule has 0 amide bonds. The van der Waals surface area contributed by atoms with Crippen LogP contribution in [0.4, 0.5) is 5.69 Å². The molecule has 0 radical (unpaired) electrons. The minimum atomic E-state index is 0.324. The van der Waals surface area contributed by atoms with Crippen LogP contribution < -0.4 is 5.32 Å². The lowest BCUT2D eigenvalue weighted by Gasteiger charge is -2.17. The average molecular weight is 253 g/mol. The Morgan fingerprint density at radius 2 is 1.53 bits per heavy atom. The maximum atomic E-state index is 3.55. The van der Waals surface area contributed by atoms with Gasteiger partial charge in [0.2, 0.25) is 0 Å². The smallest absolute Gasteiger partial charge is 0.0485 e. The third kappa shape index (κ3) is 3.60. The molecule has 0 saturated carbocycles. The summed E-state index contributed by atoms with van der Waals surface area (Å²) in [5, 5.41) is 3.55. The summed E-state index contributed by atoms with van der Waals surface area (Å²) in [5.74, 6) is 0.586. The van der Waals surface area contributed by atoms with Gasteiger partial charge >= 0.3 is 0 Å². The molecule has 0 aliphatic carbocycles. The van der Waals surface area contributed by atoms with E-state index in [1.807, 2.05) is 0 Å². The summed E-state index contributed by atoms with van der Waals surface area (Å²) < 4.78 is 0. The largest absolute Gasteiger partial charge is 0.379 e. The van der Waals surface area contributed by atoms with E-state index >= 15 is 0 Å². The van der Waals surface area contributed by atoms with Crippen LogP contribution in [0.1, 0.15) is 49.4 Å². The molecule has 1 nitrogen and oxygen atoms in total. The van der Waals surface area contributed by atoms with E-state index in [0.717, 1.165) is 0 Å². The first-order valence-corrected chi connectivity index (χ1v) is 6.99. The second-order valence-corrected chi connectivity index (χ2v) is 5.56. The molecule has 0 aliphatic heterocycles. The van der Waals surface area contributed by atoms with Crippen molar-refractivity contribution in [1.82, 2.24) is 0 Å². The molecule has 0 aromatic heterocycles. The van der Waals surface area contributed by atoms with Crippen LogP contribution in [0.15, 0.2) is 48.5 Å². The second-order valence-electron chi connectivity index (χ2n) is 5.56. The van der Waals surface area contributed by atoms with Crippen molar-refractivity contribution in [2.24, 2.45) is 0 Å². The first kappa shape index (κ1) is 13.7. The molecule has 0 aliphatic rings. The summed E-state index contributed by atoms with van der Waals surface area (Å²) in [5.41, 5.74) is 5.20. The van der Waals surface area contributed by atoms with E-state index in [1.165, 1.54) is 22.4 Å². The number of anilines is 1. The number of aryl methyl sites for hydroxylation is 1. The van der Waals surface area contributed by atoms with Crippen molar-refractivity contribution in [3.05, 3.63) is 65.2 Å². The molecule has 0 bridgehead atoms. The van der Waals surface area contributed by atoms with Crippen molar-refractivity contribution >= 4 is 5.69 Å². The Labute approximate surface area is 116 Å². The molecule has 0 spiro atoms. The van der Waals surface area contributed by atoms with Crippen molar-refractivity contribution in [1.29, 1.82) is 0 Å². The van der Waals surface area contributed by atoms with Gasteiger partial charge < -0.3 is 5.32 Å². The molecule has 2 aromatic carbocycles. The molecule has 1 unspecified atom stereocenters. The van der Waals surface area contributed by atoms with Gasteiger partial charge in [-0.05, 0) is 43.0 Å². The van der Waals surface area contributed by atoms with E-state index in [4.69, 9.17) is 0 Å². The summed E-state index contributed by atoms with van der Waals surface area (Å²) in [6.45, 7) is 8.77. The number of benzene rings is 2. The van der Waals surface area contributed by atoms with Crippen LogP contribution in [0.5, 0.6) is 0 Å². The van der Waals surface area contributed by atoms with Crippen molar-refractivity contribution in [2.45, 2.75) is 39.7 Å². The quantitative estimate of drug-likeness (QED) is 0.780. The molecular formula is C18H23N. The van der Waals surface area contributed by atoms with E-state index in [-0.39, 0.29) is 0 Å². The van der Waals surface area contributed by atoms with Crippen molar-refractivity contribution < 1.29 is 0 Å². The summed E-state index contributed by atoms with van der Waals surface area (Å²) in [4.78, 5) is 0. The average Bonchev–Trinajstić information content (AvgIpc) is 2.39. The molecule has 0 saturated heterocycles. The van der Waals surface area contributed by atoms with Crippen LogP contribution in [-0.2, 0) is 0 Å². The predicted molar refractivity (Wildman–Crippen MR) is 83.7 cm³/mol. The van der Waals surface area contributed by atoms with Gasteiger partial charge in [-0.15, -0.1) is 0 Å². The normalized spacial score (nSPS) is 12.5. The zero-order chi connectivity index (χ0) is 13.8. The van der Waals surface area contributed by atoms with Crippen LogP contribution >= 0.6 is 0 Å². The second kappa shape index (κ2) is 5.92. The monoisotopic (exact) mass is 253 g/mol. The number of rotatable bonds is 4. The molecule has 19 heavy (non-hydrogen) atoms. The maximum absolute atomic E-state index is 3.55. The highest BCUT2D eigenvalue weighted by molar-refractivity contribution is 5.47. The lowest BCUT2D eigenvalue weighted by Crippen LogP contribution is -2.06. The number of hydrogen-bond acceptors (Lipinski definition) is 1. The molecule has 1 heteroatoms. The van der Waals surface area contributed by atoms with E-state index < -0.39 is 0 Å². The number of nitrogens with one attached hydrogen (secondary N) is 1. The van der Waals surface area contributed by atoms with Gasteiger partial charge in [0.1, 0.15) is 0 Å². The lowest BCUT2D eigenvalue weighted by molar-refractivity contribution is 0.862. The molecular weight excluding hydrogens is 230 g/mol. The van der Waals surface area contributed by atoms with Gasteiger partial charge in [-0.1, -0.05) is 55.8 Å². The van der Waals surface area contributed by atoms with Crippen molar-refractivity contribution in [2.75, 3.05) is 5.32 Å². The Hall–Kier alpha value is -1.76. The highest BCUT2D eigenvalue weighted by Crippen LogP contribution is 2.22. The minimum Gasteiger partial charge on any atom is -0.379 e. The Kier molecular flexibility index (Phi) is 4.26. The first-order valence-electron chi connectivity index (χ1n) is 6.99. The highest BCUT2D eigenvalue weighted by atomic mass is 14.9. The van der Waals surface area contributed by atoms with E-state index in [9.17, 15) is 0 Å². The summed E-state index contributed by atoms with van der Waals surface area (Å²) in [6.07, 6.45) is 0. The molecule has 2 rings (SSSR count). The molecule has 0 heterocycles. The van der Waals surface area contributed by atoms with E-state index in [2.05, 4.69) is 81.5 Å². The van der Waals surface area contributed by atoms with Gasteiger partial charge in [0.15, 0.2) is 0 Å². The van der Waals surface area contributed by atoms with E-state index in [0.29, 0.717) is 12.0 Å². The van der Waals surface area contributed by atoms with Crippen molar-refractivity contribution in [3.63, 3.8) is 0 Å².